The van der Waals surface area contributed by atoms with E-state index in [1.807, 2.05) is 0 Å². The predicted octanol–water partition coefficient (Wildman–Crippen LogP) is -0.338. The van der Waals surface area contributed by atoms with Gasteiger partial charge >= 0.3 is 5.69 Å². The minimum absolute atomic E-state index is 0.253. The average molecular weight is 252 g/mol. The molecule has 0 radical (unpaired) electrons. The standard InChI is InChI=1S/C11H16N4O3/c1-5-6-12-9-8(7-13-18-4)10(16)15(3)11(17)14(9)2/h5,7,12H,1,6H2,2-4H3/b13-7+. The predicted molar refractivity (Wildman–Crippen MR) is 70.2 cm³/mol. The van der Waals surface area contributed by atoms with Crippen LogP contribution < -0.4 is 16.6 Å². The molecule has 0 saturated carbocycles. The van der Waals surface area contributed by atoms with Gasteiger partial charge in [-0.25, -0.2) is 4.79 Å². The lowest BCUT2D eigenvalue weighted by Gasteiger charge is -2.13. The smallest absolute Gasteiger partial charge is 0.332 e. The summed E-state index contributed by atoms with van der Waals surface area (Å²) in [5.74, 6) is 0.379. The quantitative estimate of drug-likeness (QED) is 0.442. The normalized spacial score (nSPS) is 10.6. The summed E-state index contributed by atoms with van der Waals surface area (Å²) >= 11 is 0. The largest absolute Gasteiger partial charge is 0.399 e. The van der Waals surface area contributed by atoms with Gasteiger partial charge in [-0.05, 0) is 0 Å². The van der Waals surface area contributed by atoms with Gasteiger partial charge in [0.25, 0.3) is 5.56 Å². The summed E-state index contributed by atoms with van der Waals surface area (Å²) in [7, 11) is 4.35. The van der Waals surface area contributed by atoms with Crippen molar-refractivity contribution in [1.29, 1.82) is 0 Å². The Morgan fingerprint density at radius 1 is 1.39 bits per heavy atom. The van der Waals surface area contributed by atoms with Crippen LogP contribution in [-0.2, 0) is 18.9 Å². The van der Waals surface area contributed by atoms with Crippen LogP contribution in [0.1, 0.15) is 5.56 Å². The molecule has 0 aliphatic heterocycles. The summed E-state index contributed by atoms with van der Waals surface area (Å²) in [6.07, 6.45) is 2.90. The zero-order valence-electron chi connectivity index (χ0n) is 10.6. The fraction of sp³-hybridized carbons (Fsp3) is 0.364. The van der Waals surface area contributed by atoms with Crippen molar-refractivity contribution in [2.45, 2.75) is 0 Å². The Morgan fingerprint density at radius 3 is 2.61 bits per heavy atom. The third kappa shape index (κ3) is 2.50. The van der Waals surface area contributed by atoms with Crippen LogP contribution in [0.2, 0.25) is 0 Å². The Labute approximate surface area is 104 Å². The van der Waals surface area contributed by atoms with Crippen LogP contribution in [0.25, 0.3) is 0 Å². The summed E-state index contributed by atoms with van der Waals surface area (Å²) in [5, 5.41) is 6.50. The number of hydrogen-bond acceptors (Lipinski definition) is 5. The van der Waals surface area contributed by atoms with E-state index in [-0.39, 0.29) is 5.56 Å². The van der Waals surface area contributed by atoms with Gasteiger partial charge in [0.05, 0.1) is 6.21 Å². The zero-order valence-corrected chi connectivity index (χ0v) is 10.6. The summed E-state index contributed by atoms with van der Waals surface area (Å²) in [4.78, 5) is 28.3. The third-order valence-electron chi connectivity index (χ3n) is 2.40. The maximum atomic E-state index is 12.0. The molecule has 0 fully saturated rings. The first-order chi connectivity index (χ1) is 8.54. The first-order valence-electron chi connectivity index (χ1n) is 5.25. The van der Waals surface area contributed by atoms with Gasteiger partial charge in [-0.1, -0.05) is 11.2 Å². The van der Waals surface area contributed by atoms with Gasteiger partial charge in [0.15, 0.2) is 0 Å². The van der Waals surface area contributed by atoms with E-state index in [2.05, 4.69) is 21.9 Å². The van der Waals surface area contributed by atoms with Crippen molar-refractivity contribution in [2.75, 3.05) is 19.0 Å². The molecule has 1 aromatic heterocycles. The molecular formula is C11H16N4O3. The minimum atomic E-state index is -0.439. The highest BCUT2D eigenvalue weighted by Gasteiger charge is 2.13. The number of hydrogen-bond donors (Lipinski definition) is 1. The SMILES string of the molecule is C=CCNc1c(/C=N/OC)c(=O)n(C)c(=O)n1C. The number of nitrogens with zero attached hydrogens (tertiary/aromatic N) is 3. The number of aromatic nitrogens is 2. The molecule has 18 heavy (non-hydrogen) atoms. The van der Waals surface area contributed by atoms with Crippen molar-refractivity contribution in [3.8, 4) is 0 Å². The van der Waals surface area contributed by atoms with Gasteiger partial charge in [-0.2, -0.15) is 0 Å². The highest BCUT2D eigenvalue weighted by molar-refractivity contribution is 5.85. The molecule has 7 heteroatoms. The number of oxime groups is 1. The molecule has 0 bridgehead atoms. The average Bonchev–Trinajstić information content (AvgIpc) is 2.38. The van der Waals surface area contributed by atoms with E-state index in [1.165, 1.54) is 24.9 Å². The highest BCUT2D eigenvalue weighted by Crippen LogP contribution is 2.05. The van der Waals surface area contributed by atoms with Crippen LogP contribution in [0.15, 0.2) is 27.4 Å². The van der Waals surface area contributed by atoms with Crippen LogP contribution >= 0.6 is 0 Å². The Hall–Kier alpha value is -2.31. The second-order valence-corrected chi connectivity index (χ2v) is 3.55. The van der Waals surface area contributed by atoms with E-state index in [1.54, 1.807) is 13.1 Å². The van der Waals surface area contributed by atoms with Gasteiger partial charge in [-0.15, -0.1) is 6.58 Å². The van der Waals surface area contributed by atoms with E-state index in [4.69, 9.17) is 0 Å². The van der Waals surface area contributed by atoms with Crippen molar-refractivity contribution < 1.29 is 4.84 Å². The molecule has 0 saturated heterocycles. The molecule has 1 N–H and O–H groups in total. The van der Waals surface area contributed by atoms with Crippen LogP contribution in [0.5, 0.6) is 0 Å². The second-order valence-electron chi connectivity index (χ2n) is 3.55. The molecule has 0 unspecified atom stereocenters. The topological polar surface area (TPSA) is 77.6 Å². The van der Waals surface area contributed by atoms with Gasteiger partial charge in [-0.3, -0.25) is 13.9 Å². The van der Waals surface area contributed by atoms with Crippen LogP contribution in [-0.4, -0.2) is 29.0 Å². The Morgan fingerprint density at radius 2 is 2.06 bits per heavy atom. The van der Waals surface area contributed by atoms with E-state index in [9.17, 15) is 9.59 Å². The molecule has 0 atom stereocenters. The summed E-state index contributed by atoms with van der Waals surface area (Å²) in [6.45, 7) is 3.99. The molecule has 0 spiro atoms. The van der Waals surface area contributed by atoms with E-state index in [0.29, 0.717) is 12.4 Å². The summed E-state index contributed by atoms with van der Waals surface area (Å²) in [6, 6.07) is 0. The van der Waals surface area contributed by atoms with Crippen molar-refractivity contribution >= 4 is 12.0 Å². The van der Waals surface area contributed by atoms with Gasteiger partial charge in [0.2, 0.25) is 0 Å². The lowest BCUT2D eigenvalue weighted by Crippen LogP contribution is -2.40. The first-order valence-corrected chi connectivity index (χ1v) is 5.25. The maximum absolute atomic E-state index is 12.0. The molecule has 0 aromatic carbocycles. The Bertz CT molecular complexity index is 583. The molecular weight excluding hydrogens is 236 g/mol. The van der Waals surface area contributed by atoms with E-state index < -0.39 is 11.2 Å². The molecule has 0 amide bonds. The number of nitrogens with one attached hydrogen (secondary N) is 1. The fourth-order valence-corrected chi connectivity index (χ4v) is 1.47. The molecule has 1 heterocycles. The summed E-state index contributed by atoms with van der Waals surface area (Å²) in [5.41, 5.74) is -0.602. The molecule has 98 valence electrons. The van der Waals surface area contributed by atoms with E-state index >= 15 is 0 Å². The van der Waals surface area contributed by atoms with Crippen molar-refractivity contribution in [1.82, 2.24) is 9.13 Å². The second kappa shape index (κ2) is 5.85. The van der Waals surface area contributed by atoms with Gasteiger partial charge in [0.1, 0.15) is 18.5 Å². The highest BCUT2D eigenvalue weighted by atomic mass is 16.6. The molecule has 0 aliphatic rings. The lowest BCUT2D eigenvalue weighted by molar-refractivity contribution is 0.215. The van der Waals surface area contributed by atoms with Crippen molar-refractivity contribution in [3.63, 3.8) is 0 Å². The fourth-order valence-electron chi connectivity index (χ4n) is 1.47. The van der Waals surface area contributed by atoms with Crippen molar-refractivity contribution in [2.24, 2.45) is 19.3 Å². The Kier molecular flexibility index (Phi) is 4.47. The molecule has 7 nitrogen and oxygen atoms in total. The lowest BCUT2D eigenvalue weighted by atomic mass is 10.3. The third-order valence-corrected chi connectivity index (χ3v) is 2.40. The molecule has 1 aromatic rings. The zero-order chi connectivity index (χ0) is 13.7. The Balaban J connectivity index is 3.53. The molecule has 0 aliphatic carbocycles. The minimum Gasteiger partial charge on any atom is -0.399 e. The number of rotatable bonds is 5. The monoisotopic (exact) mass is 252 g/mol. The first kappa shape index (κ1) is 13.8. The number of anilines is 1. The molecule has 1 rings (SSSR count). The van der Waals surface area contributed by atoms with Crippen LogP contribution in [0.4, 0.5) is 5.82 Å². The van der Waals surface area contributed by atoms with Crippen LogP contribution in [0, 0.1) is 0 Å². The van der Waals surface area contributed by atoms with Gasteiger partial charge in [0, 0.05) is 20.6 Å². The van der Waals surface area contributed by atoms with Crippen molar-refractivity contribution in [3.05, 3.63) is 39.1 Å². The van der Waals surface area contributed by atoms with Crippen LogP contribution in [0.3, 0.4) is 0 Å². The van der Waals surface area contributed by atoms with Gasteiger partial charge < -0.3 is 10.2 Å². The van der Waals surface area contributed by atoms with E-state index in [0.717, 1.165) is 4.57 Å². The maximum Gasteiger partial charge on any atom is 0.332 e. The summed E-state index contributed by atoms with van der Waals surface area (Å²) < 4.78 is 2.35.